The van der Waals surface area contributed by atoms with Gasteiger partial charge in [-0.3, -0.25) is 16.2 Å². The van der Waals surface area contributed by atoms with Gasteiger partial charge in [0.1, 0.15) is 23.5 Å². The Morgan fingerprint density at radius 3 is 2.45 bits per heavy atom. The lowest BCUT2D eigenvalue weighted by Crippen LogP contribution is -2.48. The standard InChI is InChI=1S/C21H30N8OS/c1-21(5-6-21)30-14-3-4-16(23)15(11-14)19(25)17(24)12-18(26-2)28-7-9-29(10-8-28)20(31)27-13-22/h3-4,11-13,24-26H,5-10,23H2,1-2H3,(H2,22,27,31)/b18-12+,24-17?,25-19?. The zero-order valence-corrected chi connectivity index (χ0v) is 18.8. The number of nitrogen functional groups attached to an aromatic ring is 1. The highest BCUT2D eigenvalue weighted by Crippen LogP contribution is 2.40. The third kappa shape index (κ3) is 5.57. The number of hydrogen-bond acceptors (Lipinski definition) is 7. The van der Waals surface area contributed by atoms with Gasteiger partial charge in [-0.1, -0.05) is 0 Å². The highest BCUT2D eigenvalue weighted by Gasteiger charge is 2.40. The molecule has 9 nitrogen and oxygen atoms in total. The number of anilines is 1. The monoisotopic (exact) mass is 442 g/mol. The van der Waals surface area contributed by atoms with E-state index >= 15 is 0 Å². The third-order valence-electron chi connectivity index (χ3n) is 5.50. The SMILES string of the molecule is CN/C(=C\C(=N)C(=N)c1cc(OC2(C)CC2)ccc1N)N1CCN(/C(S)=N/C=N)CC1. The number of piperazine rings is 1. The molecule has 0 bridgehead atoms. The van der Waals surface area contributed by atoms with E-state index in [0.29, 0.717) is 48.3 Å². The fourth-order valence-corrected chi connectivity index (χ4v) is 3.60. The molecule has 2 aliphatic rings. The Kier molecular flexibility index (Phi) is 6.89. The number of thiol groups is 1. The first-order chi connectivity index (χ1) is 14.8. The molecular formula is C21H30N8OS. The fraction of sp³-hybridized carbons (Fsp3) is 0.429. The summed E-state index contributed by atoms with van der Waals surface area (Å²) in [4.78, 5) is 8.01. The van der Waals surface area contributed by atoms with Crippen LogP contribution in [0.25, 0.3) is 0 Å². The van der Waals surface area contributed by atoms with Crippen LogP contribution in [0.1, 0.15) is 25.3 Å². The fourth-order valence-electron chi connectivity index (χ4n) is 3.34. The molecule has 1 aromatic carbocycles. The normalized spacial score (nSPS) is 18.4. The van der Waals surface area contributed by atoms with Crippen LogP contribution in [0.3, 0.4) is 0 Å². The molecule has 0 radical (unpaired) electrons. The Morgan fingerprint density at radius 2 is 1.87 bits per heavy atom. The van der Waals surface area contributed by atoms with Crippen LogP contribution in [0.15, 0.2) is 35.1 Å². The number of aliphatic imine (C=N–C) groups is 1. The van der Waals surface area contributed by atoms with E-state index in [0.717, 1.165) is 25.0 Å². The predicted molar refractivity (Wildman–Crippen MR) is 129 cm³/mol. The van der Waals surface area contributed by atoms with E-state index < -0.39 is 0 Å². The van der Waals surface area contributed by atoms with E-state index in [-0.39, 0.29) is 17.0 Å². The van der Waals surface area contributed by atoms with Crippen molar-refractivity contribution >= 4 is 41.2 Å². The number of rotatable bonds is 8. The molecule has 0 amide bonds. The van der Waals surface area contributed by atoms with Crippen LogP contribution in [-0.4, -0.2) is 71.6 Å². The first-order valence-electron chi connectivity index (χ1n) is 10.2. The molecule has 3 rings (SSSR count). The zero-order valence-electron chi connectivity index (χ0n) is 17.9. The maximum absolute atomic E-state index is 8.53. The minimum Gasteiger partial charge on any atom is -0.488 e. The summed E-state index contributed by atoms with van der Waals surface area (Å²) in [6.45, 7) is 4.87. The molecule has 10 heteroatoms. The first-order valence-corrected chi connectivity index (χ1v) is 10.6. The number of ether oxygens (including phenoxy) is 1. The van der Waals surface area contributed by atoms with Crippen molar-refractivity contribution in [3.63, 3.8) is 0 Å². The Balaban J connectivity index is 1.70. The molecule has 0 unspecified atom stereocenters. The summed E-state index contributed by atoms with van der Waals surface area (Å²) in [6.07, 6.45) is 4.67. The number of hydrogen-bond donors (Lipinski definition) is 6. The topological polar surface area (TPSA) is 138 Å². The van der Waals surface area contributed by atoms with Crippen molar-refractivity contribution in [2.24, 2.45) is 4.99 Å². The van der Waals surface area contributed by atoms with Crippen LogP contribution in [0.2, 0.25) is 0 Å². The maximum atomic E-state index is 8.53. The van der Waals surface area contributed by atoms with E-state index in [2.05, 4.69) is 34.8 Å². The highest BCUT2D eigenvalue weighted by molar-refractivity contribution is 7.96. The van der Waals surface area contributed by atoms with Gasteiger partial charge >= 0.3 is 0 Å². The van der Waals surface area contributed by atoms with Gasteiger partial charge in [0.25, 0.3) is 0 Å². The van der Waals surface area contributed by atoms with E-state index in [9.17, 15) is 0 Å². The van der Waals surface area contributed by atoms with Crippen molar-refractivity contribution in [3.8, 4) is 5.75 Å². The minimum absolute atomic E-state index is 0.0473. The Morgan fingerprint density at radius 1 is 1.23 bits per heavy atom. The van der Waals surface area contributed by atoms with Gasteiger partial charge in [-0.05, 0) is 38.0 Å². The van der Waals surface area contributed by atoms with Gasteiger partial charge in [-0.2, -0.15) is 0 Å². The molecule has 6 N–H and O–H groups in total. The summed E-state index contributed by atoms with van der Waals surface area (Å²) in [6, 6.07) is 5.29. The molecule has 166 valence electrons. The lowest BCUT2D eigenvalue weighted by Gasteiger charge is -2.37. The lowest BCUT2D eigenvalue weighted by molar-refractivity contribution is 0.200. The second kappa shape index (κ2) is 9.42. The molecule has 0 aromatic heterocycles. The van der Waals surface area contributed by atoms with Crippen molar-refractivity contribution in [1.82, 2.24) is 15.1 Å². The van der Waals surface area contributed by atoms with Crippen LogP contribution >= 0.6 is 12.6 Å². The van der Waals surface area contributed by atoms with E-state index in [1.807, 2.05) is 11.0 Å². The van der Waals surface area contributed by atoms with Gasteiger partial charge in [0.2, 0.25) is 0 Å². The Labute approximate surface area is 188 Å². The van der Waals surface area contributed by atoms with Gasteiger partial charge < -0.3 is 25.6 Å². The van der Waals surface area contributed by atoms with Gasteiger partial charge in [-0.15, -0.1) is 12.6 Å². The first kappa shape index (κ1) is 22.7. The van der Waals surface area contributed by atoms with Crippen molar-refractivity contribution in [1.29, 1.82) is 16.2 Å². The van der Waals surface area contributed by atoms with Gasteiger partial charge in [0.05, 0.1) is 11.4 Å². The molecule has 2 fully saturated rings. The zero-order chi connectivity index (χ0) is 22.6. The molecule has 1 saturated heterocycles. The molecule has 0 atom stereocenters. The van der Waals surface area contributed by atoms with Gasteiger partial charge in [0, 0.05) is 50.6 Å². The number of nitrogens with one attached hydrogen (secondary N) is 4. The Bertz CT molecular complexity index is 929. The summed E-state index contributed by atoms with van der Waals surface area (Å²) in [7, 11) is 1.80. The summed E-state index contributed by atoms with van der Waals surface area (Å²) >= 11 is 4.32. The molecule has 1 aliphatic heterocycles. The van der Waals surface area contributed by atoms with Gasteiger partial charge in [0.15, 0.2) is 5.17 Å². The summed E-state index contributed by atoms with van der Waals surface area (Å²) in [5, 5.41) is 27.7. The molecule has 1 saturated carbocycles. The van der Waals surface area contributed by atoms with Crippen LogP contribution < -0.4 is 15.8 Å². The van der Waals surface area contributed by atoms with E-state index in [1.54, 1.807) is 25.3 Å². The molecule has 1 aliphatic carbocycles. The lowest BCUT2D eigenvalue weighted by atomic mass is 10.0. The predicted octanol–water partition coefficient (Wildman–Crippen LogP) is 2.16. The van der Waals surface area contributed by atoms with Crippen molar-refractivity contribution < 1.29 is 4.74 Å². The number of benzene rings is 1. The summed E-state index contributed by atoms with van der Waals surface area (Å²) in [5.74, 6) is 1.43. The summed E-state index contributed by atoms with van der Waals surface area (Å²) < 4.78 is 5.99. The van der Waals surface area contributed by atoms with Crippen molar-refractivity contribution in [3.05, 3.63) is 35.7 Å². The second-order valence-corrected chi connectivity index (χ2v) is 8.30. The maximum Gasteiger partial charge on any atom is 0.162 e. The molecular weight excluding hydrogens is 412 g/mol. The van der Waals surface area contributed by atoms with Crippen LogP contribution in [0.5, 0.6) is 5.75 Å². The smallest absolute Gasteiger partial charge is 0.162 e. The largest absolute Gasteiger partial charge is 0.488 e. The minimum atomic E-state index is -0.124. The quantitative estimate of drug-likeness (QED) is 0.159. The number of nitrogens with two attached hydrogens (primary N) is 1. The Hall–Kier alpha value is -3.01. The van der Waals surface area contributed by atoms with Crippen LogP contribution in [0, 0.1) is 16.2 Å². The molecule has 1 heterocycles. The van der Waals surface area contributed by atoms with Crippen molar-refractivity contribution in [2.45, 2.75) is 25.4 Å². The van der Waals surface area contributed by atoms with Crippen LogP contribution in [-0.2, 0) is 0 Å². The third-order valence-corrected chi connectivity index (χ3v) is 5.90. The number of allylic oxidation sites excluding steroid dienone is 1. The highest BCUT2D eigenvalue weighted by atomic mass is 32.1. The molecule has 1 aromatic rings. The van der Waals surface area contributed by atoms with E-state index in [4.69, 9.17) is 26.7 Å². The number of nitrogens with zero attached hydrogens (tertiary/aromatic N) is 3. The second-order valence-electron chi connectivity index (χ2n) is 7.90. The number of amidine groups is 1. The van der Waals surface area contributed by atoms with Crippen molar-refractivity contribution in [2.75, 3.05) is 39.0 Å². The molecule has 0 spiro atoms. The summed E-state index contributed by atoms with van der Waals surface area (Å²) in [5.41, 5.74) is 7.03. The van der Waals surface area contributed by atoms with Crippen LogP contribution in [0.4, 0.5) is 5.69 Å². The van der Waals surface area contributed by atoms with E-state index in [1.165, 1.54) is 0 Å². The average Bonchev–Trinajstić information content (AvgIpc) is 3.49. The van der Waals surface area contributed by atoms with Gasteiger partial charge in [-0.25, -0.2) is 4.99 Å². The average molecular weight is 443 g/mol. The molecule has 31 heavy (non-hydrogen) atoms.